The fourth-order valence-corrected chi connectivity index (χ4v) is 3.43. The van der Waals surface area contributed by atoms with Crippen molar-refractivity contribution in [3.05, 3.63) is 29.8 Å². The van der Waals surface area contributed by atoms with Gasteiger partial charge in [-0.25, -0.2) is 8.42 Å². The van der Waals surface area contributed by atoms with Crippen LogP contribution in [0.1, 0.15) is 31.1 Å². The number of rotatable bonds is 3. The van der Waals surface area contributed by atoms with Gasteiger partial charge in [-0.05, 0) is 45.0 Å². The number of nitrogens with zero attached hydrogens (tertiary/aromatic N) is 1. The average molecular weight is 347 g/mol. The van der Waals surface area contributed by atoms with Crippen LogP contribution in [0.5, 0.6) is 0 Å². The lowest BCUT2D eigenvalue weighted by Gasteiger charge is -2.34. The van der Waals surface area contributed by atoms with E-state index in [1.54, 1.807) is 26.0 Å². The summed E-state index contributed by atoms with van der Waals surface area (Å²) < 4.78 is 24.1. The molecule has 7 heteroatoms. The maximum Gasteiger partial charge on any atom is 0.254 e. The summed E-state index contributed by atoms with van der Waals surface area (Å²) >= 11 is 0. The van der Waals surface area contributed by atoms with Crippen LogP contribution < -0.4 is 5.32 Å². The minimum atomic E-state index is -3.29. The normalized spacial score (nSPS) is 18.9. The Kier molecular flexibility index (Phi) is 6.40. The van der Waals surface area contributed by atoms with Crippen molar-refractivity contribution in [3.63, 3.8) is 0 Å². The Bertz CT molecular complexity index is 614. The fraction of sp³-hybridized carbons (Fsp3) is 0.533. The summed E-state index contributed by atoms with van der Waals surface area (Å²) in [6.07, 6.45) is 0. The Morgan fingerprint density at radius 2 is 1.86 bits per heavy atom. The quantitative estimate of drug-likeness (QED) is 0.905. The van der Waals surface area contributed by atoms with Gasteiger partial charge >= 0.3 is 0 Å². The van der Waals surface area contributed by atoms with E-state index in [9.17, 15) is 13.2 Å². The van der Waals surface area contributed by atoms with Crippen LogP contribution in [-0.4, -0.2) is 50.2 Å². The van der Waals surface area contributed by atoms with Crippen LogP contribution in [0.2, 0.25) is 0 Å². The van der Waals surface area contributed by atoms with E-state index in [1.807, 2.05) is 11.8 Å². The van der Waals surface area contributed by atoms with Gasteiger partial charge in [-0.3, -0.25) is 4.79 Å². The lowest BCUT2D eigenvalue weighted by molar-refractivity contribution is 0.0655. The van der Waals surface area contributed by atoms with Gasteiger partial charge < -0.3 is 10.2 Å². The van der Waals surface area contributed by atoms with E-state index in [1.165, 1.54) is 12.1 Å². The number of hydrogen-bond acceptors (Lipinski definition) is 4. The highest BCUT2D eigenvalue weighted by atomic mass is 35.5. The number of carbonyl (C=O) groups excluding carboxylic acids is 1. The number of amides is 1. The molecule has 124 valence electrons. The second-order valence-corrected chi connectivity index (χ2v) is 8.17. The molecule has 2 rings (SSSR count). The molecule has 0 bridgehead atoms. The summed E-state index contributed by atoms with van der Waals surface area (Å²) in [6.45, 7) is 7.54. The number of carbonyl (C=O) groups is 1. The predicted molar refractivity (Wildman–Crippen MR) is 89.4 cm³/mol. The summed E-state index contributed by atoms with van der Waals surface area (Å²) in [4.78, 5) is 14.5. The maximum atomic E-state index is 12.5. The van der Waals surface area contributed by atoms with E-state index >= 15 is 0 Å². The molecule has 22 heavy (non-hydrogen) atoms. The minimum Gasteiger partial charge on any atom is -0.333 e. The molecule has 1 saturated heterocycles. The van der Waals surface area contributed by atoms with Crippen molar-refractivity contribution in [1.82, 2.24) is 10.2 Å². The Hall–Kier alpha value is -1.11. The fourth-order valence-electron chi connectivity index (χ4n) is 2.37. The lowest BCUT2D eigenvalue weighted by atomic mass is 10.1. The van der Waals surface area contributed by atoms with Gasteiger partial charge in [-0.15, -0.1) is 12.4 Å². The van der Waals surface area contributed by atoms with E-state index < -0.39 is 15.1 Å². The zero-order chi connectivity index (χ0) is 15.6. The highest BCUT2D eigenvalue weighted by Gasteiger charge is 2.25. The van der Waals surface area contributed by atoms with Gasteiger partial charge in [0.05, 0.1) is 10.1 Å². The second kappa shape index (κ2) is 7.44. The number of halogens is 1. The first-order chi connectivity index (χ1) is 9.84. The summed E-state index contributed by atoms with van der Waals surface area (Å²) in [5, 5.41) is 2.77. The standard InChI is InChI=1S/C15H22N2O3S.ClH/c1-11(2)21(19,20)14-6-4-13(5-7-14)15(18)17-9-8-16-10-12(17)3;/h4-7,11-12,16H,8-10H2,1-3H3;1H/t12-;/m1./s1. The number of sulfone groups is 1. The number of piperazine rings is 1. The number of nitrogens with one attached hydrogen (secondary N) is 1. The molecule has 1 amide bonds. The molecular weight excluding hydrogens is 324 g/mol. The van der Waals surface area contributed by atoms with Gasteiger partial charge in [0.25, 0.3) is 5.91 Å². The molecule has 0 spiro atoms. The molecule has 0 aromatic heterocycles. The van der Waals surface area contributed by atoms with E-state index in [0.29, 0.717) is 12.1 Å². The maximum absolute atomic E-state index is 12.5. The summed E-state index contributed by atoms with van der Waals surface area (Å²) in [6, 6.07) is 6.40. The third-order valence-electron chi connectivity index (χ3n) is 3.81. The monoisotopic (exact) mass is 346 g/mol. The van der Waals surface area contributed by atoms with E-state index in [2.05, 4.69) is 5.32 Å². The van der Waals surface area contributed by atoms with Gasteiger partial charge in [0.2, 0.25) is 0 Å². The Balaban J connectivity index is 0.00000242. The molecule has 0 saturated carbocycles. The highest BCUT2D eigenvalue weighted by Crippen LogP contribution is 2.18. The molecule has 1 atom stereocenters. The van der Waals surface area contributed by atoms with Gasteiger partial charge in [-0.2, -0.15) is 0 Å². The topological polar surface area (TPSA) is 66.5 Å². The molecule has 1 aliphatic heterocycles. The van der Waals surface area contributed by atoms with Crippen LogP contribution in [0.25, 0.3) is 0 Å². The molecule has 1 fully saturated rings. The third-order valence-corrected chi connectivity index (χ3v) is 5.98. The molecule has 0 aliphatic carbocycles. The molecule has 1 aliphatic rings. The van der Waals surface area contributed by atoms with Gasteiger partial charge in [0.1, 0.15) is 0 Å². The first-order valence-electron chi connectivity index (χ1n) is 7.19. The Morgan fingerprint density at radius 3 is 2.36 bits per heavy atom. The molecule has 1 heterocycles. The second-order valence-electron chi connectivity index (χ2n) is 5.67. The SMILES string of the molecule is CC(C)S(=O)(=O)c1ccc(C(=O)N2CCNC[C@H]2C)cc1.Cl. The number of hydrogen-bond donors (Lipinski definition) is 1. The highest BCUT2D eigenvalue weighted by molar-refractivity contribution is 7.92. The predicted octanol–water partition coefficient (Wildman–Crippen LogP) is 1.72. The first kappa shape index (κ1) is 18.9. The molecule has 1 aromatic carbocycles. The van der Waals surface area contributed by atoms with Gasteiger partial charge in [0, 0.05) is 31.2 Å². The molecule has 0 radical (unpaired) electrons. The summed E-state index contributed by atoms with van der Waals surface area (Å²) in [5.74, 6) is -0.0440. The zero-order valence-electron chi connectivity index (χ0n) is 13.1. The van der Waals surface area contributed by atoms with Crippen molar-refractivity contribution >= 4 is 28.2 Å². The first-order valence-corrected chi connectivity index (χ1v) is 8.74. The third kappa shape index (κ3) is 3.80. The van der Waals surface area contributed by atoms with Gasteiger partial charge in [-0.1, -0.05) is 0 Å². The molecule has 1 N–H and O–H groups in total. The van der Waals surface area contributed by atoms with Crippen molar-refractivity contribution in [2.75, 3.05) is 19.6 Å². The van der Waals surface area contributed by atoms with Crippen LogP contribution in [0.15, 0.2) is 29.2 Å². The van der Waals surface area contributed by atoms with Gasteiger partial charge in [0.15, 0.2) is 9.84 Å². The summed E-state index contributed by atoms with van der Waals surface area (Å²) in [5.41, 5.74) is 0.534. The Labute approximate surface area is 138 Å². The van der Waals surface area contributed by atoms with Crippen LogP contribution in [0, 0.1) is 0 Å². The van der Waals surface area contributed by atoms with Crippen LogP contribution in [-0.2, 0) is 9.84 Å². The molecule has 1 aromatic rings. The molecular formula is C15H23ClN2O3S. The lowest BCUT2D eigenvalue weighted by Crippen LogP contribution is -2.52. The molecule has 5 nitrogen and oxygen atoms in total. The van der Waals surface area contributed by atoms with E-state index in [4.69, 9.17) is 0 Å². The Morgan fingerprint density at radius 1 is 1.27 bits per heavy atom. The van der Waals surface area contributed by atoms with E-state index in [-0.39, 0.29) is 29.3 Å². The van der Waals surface area contributed by atoms with Crippen molar-refractivity contribution < 1.29 is 13.2 Å². The van der Waals surface area contributed by atoms with E-state index in [0.717, 1.165) is 13.1 Å². The minimum absolute atomic E-state index is 0. The van der Waals surface area contributed by atoms with Crippen molar-refractivity contribution in [2.24, 2.45) is 0 Å². The van der Waals surface area contributed by atoms with Crippen molar-refractivity contribution in [1.29, 1.82) is 0 Å². The van der Waals surface area contributed by atoms with Crippen LogP contribution in [0.4, 0.5) is 0 Å². The summed E-state index contributed by atoms with van der Waals surface area (Å²) in [7, 11) is -3.29. The number of benzene rings is 1. The smallest absolute Gasteiger partial charge is 0.254 e. The van der Waals surface area contributed by atoms with Crippen LogP contribution in [0.3, 0.4) is 0 Å². The largest absolute Gasteiger partial charge is 0.333 e. The zero-order valence-corrected chi connectivity index (χ0v) is 14.7. The van der Waals surface area contributed by atoms with Crippen LogP contribution >= 0.6 is 12.4 Å². The van der Waals surface area contributed by atoms with Crippen molar-refractivity contribution in [3.8, 4) is 0 Å². The van der Waals surface area contributed by atoms with Crippen molar-refractivity contribution in [2.45, 2.75) is 37.0 Å². The average Bonchev–Trinajstić information content (AvgIpc) is 2.47. The molecule has 0 unspecified atom stereocenters.